The van der Waals surface area contributed by atoms with E-state index in [1.54, 1.807) is 0 Å². The molecule has 0 aliphatic heterocycles. The van der Waals surface area contributed by atoms with E-state index in [1.807, 2.05) is 43.3 Å². The van der Waals surface area contributed by atoms with Crippen molar-refractivity contribution in [2.24, 2.45) is 0 Å². The summed E-state index contributed by atoms with van der Waals surface area (Å²) in [6, 6.07) is 16.0. The molecule has 0 fully saturated rings. The molecule has 0 saturated carbocycles. The Morgan fingerprint density at radius 3 is 2.40 bits per heavy atom. The van der Waals surface area contributed by atoms with Crippen LogP contribution in [-0.4, -0.2) is 11.7 Å². The summed E-state index contributed by atoms with van der Waals surface area (Å²) < 4.78 is 5.68. The van der Waals surface area contributed by atoms with Crippen LogP contribution in [0.4, 0.5) is 0 Å². The molecule has 0 radical (unpaired) electrons. The summed E-state index contributed by atoms with van der Waals surface area (Å²) in [5.74, 6) is 0.828. The Hall–Kier alpha value is -1.80. The van der Waals surface area contributed by atoms with Gasteiger partial charge in [-0.2, -0.15) is 0 Å². The van der Waals surface area contributed by atoms with Crippen molar-refractivity contribution in [3.8, 4) is 5.75 Å². The van der Waals surface area contributed by atoms with Gasteiger partial charge in [0.15, 0.2) is 0 Å². The molecule has 2 heteroatoms. The van der Waals surface area contributed by atoms with E-state index in [0.717, 1.165) is 29.7 Å². The molecule has 0 heterocycles. The molecule has 1 atom stereocenters. The lowest BCUT2D eigenvalue weighted by molar-refractivity contribution is 0.108. The zero-order valence-corrected chi connectivity index (χ0v) is 12.2. The van der Waals surface area contributed by atoms with Crippen LogP contribution in [0.15, 0.2) is 48.5 Å². The summed E-state index contributed by atoms with van der Waals surface area (Å²) in [5.41, 5.74) is 3.29. The summed E-state index contributed by atoms with van der Waals surface area (Å²) in [4.78, 5) is 0. The molecule has 2 rings (SSSR count). The van der Waals surface area contributed by atoms with Crippen molar-refractivity contribution in [1.29, 1.82) is 0 Å². The van der Waals surface area contributed by atoms with Gasteiger partial charge >= 0.3 is 0 Å². The van der Waals surface area contributed by atoms with E-state index in [-0.39, 0.29) is 6.61 Å². The molecular formula is C18H22O2. The fourth-order valence-electron chi connectivity index (χ4n) is 2.18. The minimum Gasteiger partial charge on any atom is -0.490 e. The van der Waals surface area contributed by atoms with E-state index in [2.05, 4.69) is 19.1 Å². The molecule has 0 saturated heterocycles. The first-order valence-corrected chi connectivity index (χ1v) is 7.16. The van der Waals surface area contributed by atoms with Crippen LogP contribution in [0.5, 0.6) is 5.75 Å². The van der Waals surface area contributed by atoms with Crippen LogP contribution >= 0.6 is 0 Å². The molecule has 2 aromatic rings. The molecule has 0 aliphatic rings. The fraction of sp³-hybridized carbons (Fsp3) is 0.333. The molecule has 0 amide bonds. The summed E-state index contributed by atoms with van der Waals surface area (Å²) in [5, 5.41) is 10.2. The Balaban J connectivity index is 1.94. The number of rotatable bonds is 6. The molecular weight excluding hydrogens is 248 g/mol. The quantitative estimate of drug-likeness (QED) is 0.857. The molecule has 0 aromatic heterocycles. The summed E-state index contributed by atoms with van der Waals surface area (Å²) in [7, 11) is 0. The average molecular weight is 270 g/mol. The maximum Gasteiger partial charge on any atom is 0.122 e. The predicted molar refractivity (Wildman–Crippen MR) is 82.1 cm³/mol. The Bertz CT molecular complexity index is 531. The van der Waals surface area contributed by atoms with Gasteiger partial charge in [0.25, 0.3) is 0 Å². The average Bonchev–Trinajstić information content (AvgIpc) is 2.47. The number of benzene rings is 2. The molecule has 0 aliphatic carbocycles. The van der Waals surface area contributed by atoms with Crippen molar-refractivity contribution in [1.82, 2.24) is 0 Å². The number of hydrogen-bond donors (Lipinski definition) is 1. The van der Waals surface area contributed by atoms with Crippen molar-refractivity contribution < 1.29 is 9.84 Å². The third-order valence-electron chi connectivity index (χ3n) is 3.39. The van der Waals surface area contributed by atoms with Crippen LogP contribution in [0.25, 0.3) is 0 Å². The van der Waals surface area contributed by atoms with Gasteiger partial charge in [-0.05, 0) is 36.1 Å². The first kappa shape index (κ1) is 14.6. The normalized spacial score (nSPS) is 12.2. The van der Waals surface area contributed by atoms with Gasteiger partial charge in [0.05, 0.1) is 0 Å². The highest BCUT2D eigenvalue weighted by atomic mass is 16.5. The van der Waals surface area contributed by atoms with Gasteiger partial charge < -0.3 is 9.84 Å². The zero-order chi connectivity index (χ0) is 14.4. The molecule has 2 nitrogen and oxygen atoms in total. The minimum atomic E-state index is -0.592. The smallest absolute Gasteiger partial charge is 0.122 e. The highest BCUT2D eigenvalue weighted by Crippen LogP contribution is 2.20. The number of ether oxygens (including phenoxy) is 1. The van der Waals surface area contributed by atoms with Crippen molar-refractivity contribution in [3.63, 3.8) is 0 Å². The Morgan fingerprint density at radius 1 is 1.05 bits per heavy atom. The second kappa shape index (κ2) is 7.11. The molecule has 106 valence electrons. The van der Waals surface area contributed by atoms with E-state index in [1.165, 1.54) is 5.56 Å². The fourth-order valence-corrected chi connectivity index (χ4v) is 2.18. The van der Waals surface area contributed by atoms with E-state index < -0.39 is 6.10 Å². The van der Waals surface area contributed by atoms with Crippen LogP contribution in [0, 0.1) is 6.92 Å². The molecule has 0 bridgehead atoms. The van der Waals surface area contributed by atoms with Gasteiger partial charge in [0.1, 0.15) is 18.5 Å². The minimum absolute atomic E-state index is 0.276. The summed E-state index contributed by atoms with van der Waals surface area (Å²) in [6.45, 7) is 4.44. The highest BCUT2D eigenvalue weighted by molar-refractivity contribution is 5.32. The van der Waals surface area contributed by atoms with E-state index in [9.17, 15) is 5.11 Å². The standard InChI is InChI=1S/C18H22O2/c1-3-6-15-9-11-16(12-10-15)17(19)13-20-18-8-5-4-7-14(18)2/h4-5,7-12,17,19H,3,6,13H2,1-2H3. The van der Waals surface area contributed by atoms with Gasteiger partial charge in [-0.3, -0.25) is 0 Å². The van der Waals surface area contributed by atoms with Crippen LogP contribution in [0.3, 0.4) is 0 Å². The van der Waals surface area contributed by atoms with E-state index >= 15 is 0 Å². The van der Waals surface area contributed by atoms with Crippen molar-refractivity contribution in [2.75, 3.05) is 6.61 Å². The van der Waals surface area contributed by atoms with Crippen LogP contribution in [-0.2, 0) is 6.42 Å². The van der Waals surface area contributed by atoms with Crippen LogP contribution in [0.2, 0.25) is 0 Å². The Kier molecular flexibility index (Phi) is 5.19. The Morgan fingerprint density at radius 2 is 1.75 bits per heavy atom. The highest BCUT2D eigenvalue weighted by Gasteiger charge is 2.09. The molecule has 1 unspecified atom stereocenters. The molecule has 20 heavy (non-hydrogen) atoms. The monoisotopic (exact) mass is 270 g/mol. The summed E-state index contributed by atoms with van der Waals surface area (Å²) >= 11 is 0. The predicted octanol–water partition coefficient (Wildman–Crippen LogP) is 4.06. The lowest BCUT2D eigenvalue weighted by Gasteiger charge is -2.14. The van der Waals surface area contributed by atoms with Gasteiger partial charge in [-0.25, -0.2) is 0 Å². The lowest BCUT2D eigenvalue weighted by atomic mass is 10.0. The third-order valence-corrected chi connectivity index (χ3v) is 3.39. The Labute approximate surface area is 121 Å². The molecule has 0 spiro atoms. The summed E-state index contributed by atoms with van der Waals surface area (Å²) in [6.07, 6.45) is 1.62. The van der Waals surface area contributed by atoms with Gasteiger partial charge in [-0.1, -0.05) is 55.8 Å². The van der Waals surface area contributed by atoms with Gasteiger partial charge in [0.2, 0.25) is 0 Å². The SMILES string of the molecule is CCCc1ccc(C(O)COc2ccccc2C)cc1. The largest absolute Gasteiger partial charge is 0.490 e. The zero-order valence-electron chi connectivity index (χ0n) is 12.2. The first-order chi connectivity index (χ1) is 9.70. The maximum atomic E-state index is 10.2. The van der Waals surface area contributed by atoms with Crippen LogP contribution in [0.1, 0.15) is 36.1 Å². The lowest BCUT2D eigenvalue weighted by Crippen LogP contribution is -2.10. The van der Waals surface area contributed by atoms with Crippen molar-refractivity contribution in [3.05, 3.63) is 65.2 Å². The van der Waals surface area contributed by atoms with Gasteiger partial charge in [-0.15, -0.1) is 0 Å². The van der Waals surface area contributed by atoms with Crippen LogP contribution < -0.4 is 4.74 Å². The number of aliphatic hydroxyl groups excluding tert-OH is 1. The number of aryl methyl sites for hydroxylation is 2. The van der Waals surface area contributed by atoms with Crippen molar-refractivity contribution in [2.45, 2.75) is 32.8 Å². The van der Waals surface area contributed by atoms with Crippen molar-refractivity contribution >= 4 is 0 Å². The van der Waals surface area contributed by atoms with E-state index in [0.29, 0.717) is 0 Å². The number of para-hydroxylation sites is 1. The van der Waals surface area contributed by atoms with E-state index in [4.69, 9.17) is 4.74 Å². The molecule has 2 aromatic carbocycles. The first-order valence-electron chi connectivity index (χ1n) is 7.16. The maximum absolute atomic E-state index is 10.2. The second-order valence-electron chi connectivity index (χ2n) is 5.08. The number of aliphatic hydroxyl groups is 1. The topological polar surface area (TPSA) is 29.5 Å². The third kappa shape index (κ3) is 3.84. The number of hydrogen-bond acceptors (Lipinski definition) is 2. The van der Waals surface area contributed by atoms with Gasteiger partial charge in [0, 0.05) is 0 Å². The molecule has 1 N–H and O–H groups in total. The second-order valence-corrected chi connectivity index (χ2v) is 5.08.